The second kappa shape index (κ2) is 8.27. The molecule has 0 aliphatic rings. The summed E-state index contributed by atoms with van der Waals surface area (Å²) in [5.74, 6) is -0.788. The zero-order valence-electron chi connectivity index (χ0n) is 15.2. The number of esters is 1. The van der Waals surface area contributed by atoms with Crippen LogP contribution in [0.4, 0.5) is 0 Å². The number of fused-ring (bicyclic) bond motifs is 1. The SMILES string of the molecule is CCOC(=O)C=C(C)NC(=O)c1cc(-c2ccccc2)nc2ccccc12. The van der Waals surface area contributed by atoms with E-state index in [9.17, 15) is 9.59 Å². The van der Waals surface area contributed by atoms with Gasteiger partial charge in [-0.2, -0.15) is 0 Å². The number of ether oxygens (including phenoxy) is 1. The van der Waals surface area contributed by atoms with Crippen molar-refractivity contribution in [3.8, 4) is 11.3 Å². The minimum atomic E-state index is -0.486. The van der Waals surface area contributed by atoms with Gasteiger partial charge < -0.3 is 10.1 Å². The number of allylic oxidation sites excluding steroid dienone is 1. The molecule has 0 radical (unpaired) electrons. The minimum absolute atomic E-state index is 0.284. The van der Waals surface area contributed by atoms with Gasteiger partial charge in [-0.15, -0.1) is 0 Å². The van der Waals surface area contributed by atoms with Gasteiger partial charge in [0.2, 0.25) is 0 Å². The largest absolute Gasteiger partial charge is 0.463 e. The van der Waals surface area contributed by atoms with E-state index in [0.29, 0.717) is 17.0 Å². The molecule has 1 aromatic heterocycles. The van der Waals surface area contributed by atoms with Gasteiger partial charge in [0, 0.05) is 22.7 Å². The van der Waals surface area contributed by atoms with E-state index in [1.807, 2.05) is 54.6 Å². The molecule has 0 aliphatic heterocycles. The summed E-state index contributed by atoms with van der Waals surface area (Å²) in [5.41, 5.74) is 3.29. The predicted molar refractivity (Wildman–Crippen MR) is 105 cm³/mol. The fraction of sp³-hybridized carbons (Fsp3) is 0.136. The van der Waals surface area contributed by atoms with Gasteiger partial charge in [-0.05, 0) is 26.0 Å². The van der Waals surface area contributed by atoms with Crippen LogP contribution in [0.5, 0.6) is 0 Å². The molecule has 2 aromatic carbocycles. The van der Waals surface area contributed by atoms with E-state index in [-0.39, 0.29) is 12.5 Å². The molecule has 3 rings (SSSR count). The molecule has 0 fully saturated rings. The highest BCUT2D eigenvalue weighted by Crippen LogP contribution is 2.24. The first-order chi connectivity index (χ1) is 13.1. The molecule has 0 unspecified atom stereocenters. The van der Waals surface area contributed by atoms with Crippen molar-refractivity contribution in [2.24, 2.45) is 0 Å². The van der Waals surface area contributed by atoms with E-state index in [2.05, 4.69) is 10.3 Å². The molecule has 0 saturated carbocycles. The van der Waals surface area contributed by atoms with Crippen molar-refractivity contribution >= 4 is 22.8 Å². The summed E-state index contributed by atoms with van der Waals surface area (Å²) in [6, 6.07) is 18.9. The zero-order chi connectivity index (χ0) is 19.2. The fourth-order valence-electron chi connectivity index (χ4n) is 2.76. The summed E-state index contributed by atoms with van der Waals surface area (Å²) < 4.78 is 4.87. The highest BCUT2D eigenvalue weighted by molar-refractivity contribution is 6.08. The number of carbonyl (C=O) groups excluding carboxylic acids is 2. The van der Waals surface area contributed by atoms with Crippen LogP contribution in [0.25, 0.3) is 22.2 Å². The number of amides is 1. The molecule has 27 heavy (non-hydrogen) atoms. The summed E-state index contributed by atoms with van der Waals surface area (Å²) in [6.07, 6.45) is 1.27. The quantitative estimate of drug-likeness (QED) is 0.549. The molecule has 1 N–H and O–H groups in total. The van der Waals surface area contributed by atoms with E-state index >= 15 is 0 Å². The lowest BCUT2D eigenvalue weighted by Gasteiger charge is -2.11. The second-order valence-electron chi connectivity index (χ2n) is 5.97. The van der Waals surface area contributed by atoms with Gasteiger partial charge >= 0.3 is 5.97 Å². The number of benzene rings is 2. The van der Waals surface area contributed by atoms with E-state index < -0.39 is 5.97 Å². The molecule has 3 aromatic rings. The highest BCUT2D eigenvalue weighted by Gasteiger charge is 2.14. The van der Waals surface area contributed by atoms with Crippen LogP contribution in [0.3, 0.4) is 0 Å². The van der Waals surface area contributed by atoms with Crippen LogP contribution in [0.1, 0.15) is 24.2 Å². The summed E-state index contributed by atoms with van der Waals surface area (Å²) in [5, 5.41) is 3.50. The number of hydrogen-bond acceptors (Lipinski definition) is 4. The van der Waals surface area contributed by atoms with Gasteiger partial charge in [-0.1, -0.05) is 48.5 Å². The van der Waals surface area contributed by atoms with Crippen LogP contribution < -0.4 is 5.32 Å². The smallest absolute Gasteiger partial charge is 0.332 e. The maximum Gasteiger partial charge on any atom is 0.332 e. The predicted octanol–water partition coefficient (Wildman–Crippen LogP) is 4.10. The Balaban J connectivity index is 2.00. The number of hydrogen-bond donors (Lipinski definition) is 1. The first-order valence-electron chi connectivity index (χ1n) is 8.70. The number of para-hydroxylation sites is 1. The number of carbonyl (C=O) groups is 2. The molecule has 0 saturated heterocycles. The van der Waals surface area contributed by atoms with Crippen LogP contribution in [0.2, 0.25) is 0 Å². The molecule has 0 bridgehead atoms. The number of pyridine rings is 1. The van der Waals surface area contributed by atoms with Crippen molar-refractivity contribution in [3.63, 3.8) is 0 Å². The number of aromatic nitrogens is 1. The average Bonchev–Trinajstić information content (AvgIpc) is 2.67. The Bertz CT molecular complexity index is 1010. The lowest BCUT2D eigenvalue weighted by Crippen LogP contribution is -2.23. The van der Waals surface area contributed by atoms with E-state index in [1.54, 1.807) is 19.9 Å². The molecule has 136 valence electrons. The highest BCUT2D eigenvalue weighted by atomic mass is 16.5. The molecular formula is C22H20N2O3. The standard InChI is InChI=1S/C22H20N2O3/c1-3-27-21(25)13-15(2)23-22(26)18-14-20(16-9-5-4-6-10-16)24-19-12-8-7-11-17(18)19/h4-14H,3H2,1-2H3,(H,23,26). The maximum absolute atomic E-state index is 12.9. The Morgan fingerprint density at radius 2 is 1.78 bits per heavy atom. The first kappa shape index (κ1) is 18.3. The van der Waals surface area contributed by atoms with E-state index in [4.69, 9.17) is 4.74 Å². The average molecular weight is 360 g/mol. The first-order valence-corrected chi connectivity index (χ1v) is 8.70. The van der Waals surface area contributed by atoms with Gasteiger partial charge in [-0.25, -0.2) is 9.78 Å². The topological polar surface area (TPSA) is 68.3 Å². The van der Waals surface area contributed by atoms with E-state index in [0.717, 1.165) is 16.5 Å². The van der Waals surface area contributed by atoms with Crippen molar-refractivity contribution in [1.82, 2.24) is 10.3 Å². The lowest BCUT2D eigenvalue weighted by atomic mass is 10.0. The van der Waals surface area contributed by atoms with Gasteiger partial charge in [-0.3, -0.25) is 4.79 Å². The normalized spacial score (nSPS) is 11.3. The molecule has 1 amide bonds. The zero-order valence-corrected chi connectivity index (χ0v) is 15.2. The van der Waals surface area contributed by atoms with E-state index in [1.165, 1.54) is 6.08 Å². The third kappa shape index (κ3) is 4.39. The third-order valence-corrected chi connectivity index (χ3v) is 3.96. The Kier molecular flexibility index (Phi) is 5.61. The molecular weight excluding hydrogens is 340 g/mol. The Morgan fingerprint density at radius 3 is 2.52 bits per heavy atom. The summed E-state index contributed by atoms with van der Waals surface area (Å²) in [7, 11) is 0. The van der Waals surface area contributed by atoms with Gasteiger partial charge in [0.15, 0.2) is 0 Å². The molecule has 0 atom stereocenters. The number of nitrogens with one attached hydrogen (secondary N) is 1. The van der Waals surface area contributed by atoms with Crippen LogP contribution in [-0.2, 0) is 9.53 Å². The number of rotatable bonds is 5. The summed E-state index contributed by atoms with van der Waals surface area (Å²) in [6.45, 7) is 3.66. The van der Waals surface area contributed by atoms with Crippen LogP contribution in [0, 0.1) is 0 Å². The molecule has 5 nitrogen and oxygen atoms in total. The summed E-state index contributed by atoms with van der Waals surface area (Å²) >= 11 is 0. The van der Waals surface area contributed by atoms with Gasteiger partial charge in [0.1, 0.15) is 0 Å². The third-order valence-electron chi connectivity index (χ3n) is 3.96. The lowest BCUT2D eigenvalue weighted by molar-refractivity contribution is -0.137. The van der Waals surface area contributed by atoms with Crippen LogP contribution >= 0.6 is 0 Å². The number of nitrogens with zero attached hydrogens (tertiary/aromatic N) is 1. The maximum atomic E-state index is 12.9. The molecule has 5 heteroatoms. The van der Waals surface area contributed by atoms with Crippen LogP contribution in [0.15, 0.2) is 72.4 Å². The monoisotopic (exact) mass is 360 g/mol. The Hall–Kier alpha value is -3.47. The van der Waals surface area contributed by atoms with Crippen LogP contribution in [-0.4, -0.2) is 23.5 Å². The fourth-order valence-corrected chi connectivity index (χ4v) is 2.76. The van der Waals surface area contributed by atoms with Crippen molar-refractivity contribution in [1.29, 1.82) is 0 Å². The van der Waals surface area contributed by atoms with Gasteiger partial charge in [0.25, 0.3) is 5.91 Å². The Morgan fingerprint density at radius 1 is 1.07 bits per heavy atom. The van der Waals surface area contributed by atoms with Gasteiger partial charge in [0.05, 0.1) is 23.4 Å². The molecule has 1 heterocycles. The van der Waals surface area contributed by atoms with Crippen molar-refractivity contribution in [2.75, 3.05) is 6.61 Å². The second-order valence-corrected chi connectivity index (χ2v) is 5.97. The molecule has 0 aliphatic carbocycles. The summed E-state index contributed by atoms with van der Waals surface area (Å²) in [4.78, 5) is 29.1. The van der Waals surface area contributed by atoms with Crippen molar-refractivity contribution < 1.29 is 14.3 Å². The van der Waals surface area contributed by atoms with Crippen molar-refractivity contribution in [3.05, 3.63) is 78.0 Å². The Labute approximate surface area is 157 Å². The van der Waals surface area contributed by atoms with Crippen molar-refractivity contribution in [2.45, 2.75) is 13.8 Å². The minimum Gasteiger partial charge on any atom is -0.463 e. The molecule has 0 spiro atoms.